The average Bonchev–Trinajstić information content (AvgIpc) is 3.15. The second-order valence-corrected chi connectivity index (χ2v) is 7.35. The van der Waals surface area contributed by atoms with Gasteiger partial charge in [0.1, 0.15) is 12.6 Å². The number of aryl methyl sites for hydroxylation is 1. The number of fused-ring (bicyclic) bond motifs is 1. The van der Waals surface area contributed by atoms with Gasteiger partial charge in [0, 0.05) is 18.4 Å². The molecular formula is C19H21N2S+. The van der Waals surface area contributed by atoms with Gasteiger partial charge in [-0.1, -0.05) is 42.0 Å². The number of thiazole rings is 1. The normalized spacial score (nSPS) is 21.5. The van der Waals surface area contributed by atoms with E-state index in [1.54, 1.807) is 4.90 Å². The van der Waals surface area contributed by atoms with Crippen molar-refractivity contribution in [1.29, 1.82) is 0 Å². The summed E-state index contributed by atoms with van der Waals surface area (Å²) in [5, 5.41) is 1.32. The van der Waals surface area contributed by atoms with E-state index >= 15 is 0 Å². The fourth-order valence-corrected chi connectivity index (χ4v) is 4.59. The van der Waals surface area contributed by atoms with Crippen molar-refractivity contribution in [3.05, 3.63) is 64.7 Å². The van der Waals surface area contributed by atoms with Crippen LogP contribution in [0.3, 0.4) is 0 Å². The van der Waals surface area contributed by atoms with Gasteiger partial charge in [-0.15, -0.1) is 11.3 Å². The molecule has 1 aromatic heterocycles. The highest BCUT2D eigenvalue weighted by Gasteiger charge is 2.32. The summed E-state index contributed by atoms with van der Waals surface area (Å²) in [5.41, 5.74) is 3.93. The fraction of sp³-hybridized carbons (Fsp3) is 0.316. The lowest BCUT2D eigenvalue weighted by atomic mass is 10.1. The molecule has 2 atom stereocenters. The van der Waals surface area contributed by atoms with Gasteiger partial charge in [0.25, 0.3) is 0 Å². The van der Waals surface area contributed by atoms with Gasteiger partial charge < -0.3 is 4.90 Å². The first kappa shape index (κ1) is 13.9. The van der Waals surface area contributed by atoms with Crippen LogP contribution in [0.2, 0.25) is 0 Å². The molecule has 1 aliphatic rings. The lowest BCUT2D eigenvalue weighted by Gasteiger charge is -2.19. The minimum atomic E-state index is 0.568. The molecule has 0 saturated carbocycles. The molecule has 0 bridgehead atoms. The van der Waals surface area contributed by atoms with Crippen LogP contribution in [0.1, 0.15) is 35.0 Å². The van der Waals surface area contributed by atoms with E-state index < -0.39 is 0 Å². The third kappa shape index (κ3) is 2.67. The van der Waals surface area contributed by atoms with E-state index in [1.807, 2.05) is 11.3 Å². The highest BCUT2D eigenvalue weighted by Crippen LogP contribution is 2.28. The number of aromatic nitrogens is 1. The van der Waals surface area contributed by atoms with E-state index in [-0.39, 0.29) is 0 Å². The number of para-hydroxylation sites is 1. The Morgan fingerprint density at radius 3 is 2.77 bits per heavy atom. The molecule has 1 unspecified atom stereocenters. The molecule has 2 nitrogen and oxygen atoms in total. The summed E-state index contributed by atoms with van der Waals surface area (Å²) < 4.78 is 1.32. The Bertz CT molecular complexity index is 742. The van der Waals surface area contributed by atoms with E-state index in [0.717, 1.165) is 12.1 Å². The second kappa shape index (κ2) is 5.82. The third-order valence-corrected chi connectivity index (χ3v) is 5.79. The van der Waals surface area contributed by atoms with Crippen molar-refractivity contribution in [1.82, 2.24) is 4.98 Å². The third-order valence-electron chi connectivity index (χ3n) is 4.64. The first-order valence-electron chi connectivity index (χ1n) is 8.05. The first-order chi connectivity index (χ1) is 10.8. The Morgan fingerprint density at radius 1 is 1.14 bits per heavy atom. The summed E-state index contributed by atoms with van der Waals surface area (Å²) in [7, 11) is 0. The highest BCUT2D eigenvalue weighted by atomic mass is 32.1. The Morgan fingerprint density at radius 2 is 1.95 bits per heavy atom. The summed E-state index contributed by atoms with van der Waals surface area (Å²) in [6.07, 6.45) is 2.57. The Hall–Kier alpha value is -1.71. The van der Waals surface area contributed by atoms with Crippen LogP contribution < -0.4 is 4.90 Å². The van der Waals surface area contributed by atoms with Gasteiger partial charge in [0.05, 0.1) is 16.8 Å². The van der Waals surface area contributed by atoms with Gasteiger partial charge >= 0.3 is 0 Å². The molecule has 1 N–H and O–H groups in total. The summed E-state index contributed by atoms with van der Waals surface area (Å²) >= 11 is 1.88. The quantitative estimate of drug-likeness (QED) is 0.783. The number of quaternary nitrogens is 1. The van der Waals surface area contributed by atoms with Gasteiger partial charge in [-0.25, -0.2) is 4.98 Å². The lowest BCUT2D eigenvalue weighted by Crippen LogP contribution is -3.08. The molecule has 0 aliphatic carbocycles. The number of nitrogens with one attached hydrogen (secondary N) is 1. The number of nitrogens with zero attached hydrogens (tertiary/aromatic N) is 1. The summed E-state index contributed by atoms with van der Waals surface area (Å²) in [4.78, 5) is 6.57. The molecule has 2 aromatic carbocycles. The molecule has 22 heavy (non-hydrogen) atoms. The first-order valence-corrected chi connectivity index (χ1v) is 8.87. The van der Waals surface area contributed by atoms with Gasteiger partial charge in [-0.3, -0.25) is 0 Å². The molecule has 0 spiro atoms. The average molecular weight is 309 g/mol. The molecule has 0 radical (unpaired) electrons. The molecule has 1 aliphatic heterocycles. The molecule has 4 rings (SSSR count). The number of likely N-dealkylation sites (tertiary alicyclic amines) is 1. The molecular weight excluding hydrogens is 288 g/mol. The lowest BCUT2D eigenvalue weighted by molar-refractivity contribution is -0.932. The summed E-state index contributed by atoms with van der Waals surface area (Å²) in [6, 6.07) is 18.1. The van der Waals surface area contributed by atoms with E-state index in [9.17, 15) is 0 Å². The van der Waals surface area contributed by atoms with Crippen molar-refractivity contribution in [3.63, 3.8) is 0 Å². The number of rotatable bonds is 3. The number of hydrogen-bond acceptors (Lipinski definition) is 2. The summed E-state index contributed by atoms with van der Waals surface area (Å²) in [6.45, 7) is 4.52. The van der Waals surface area contributed by atoms with Gasteiger partial charge in [0.2, 0.25) is 0 Å². The topological polar surface area (TPSA) is 17.3 Å². The van der Waals surface area contributed by atoms with Crippen molar-refractivity contribution in [2.75, 3.05) is 6.54 Å². The second-order valence-electron chi connectivity index (χ2n) is 6.29. The largest absolute Gasteiger partial charge is 0.323 e. The maximum atomic E-state index is 4.90. The molecule has 2 heterocycles. The van der Waals surface area contributed by atoms with Crippen molar-refractivity contribution in [3.8, 4) is 0 Å². The van der Waals surface area contributed by atoms with Crippen molar-refractivity contribution < 1.29 is 4.90 Å². The fourth-order valence-electron chi connectivity index (χ4n) is 3.43. The van der Waals surface area contributed by atoms with E-state index in [4.69, 9.17) is 4.98 Å². The Balaban J connectivity index is 1.58. The molecule has 3 aromatic rings. The van der Waals surface area contributed by atoms with Crippen molar-refractivity contribution in [2.45, 2.75) is 32.4 Å². The minimum Gasteiger partial charge on any atom is -0.323 e. The van der Waals surface area contributed by atoms with Crippen LogP contribution in [-0.4, -0.2) is 11.5 Å². The van der Waals surface area contributed by atoms with Gasteiger partial charge in [-0.05, 0) is 19.1 Å². The van der Waals surface area contributed by atoms with Crippen LogP contribution >= 0.6 is 11.3 Å². The molecule has 112 valence electrons. The van der Waals surface area contributed by atoms with E-state index in [1.165, 1.54) is 40.2 Å². The van der Waals surface area contributed by atoms with Crippen molar-refractivity contribution in [2.24, 2.45) is 0 Å². The smallest absolute Gasteiger partial charge is 0.151 e. The van der Waals surface area contributed by atoms with Crippen LogP contribution in [0, 0.1) is 6.92 Å². The standard InChI is InChI=1S/C19H20N2S/c1-14-8-10-15(11-9-14)13-21-12-4-6-17(21)19-20-16-5-2-3-7-18(16)22-19/h2-3,5,7-11,17H,4,6,12-13H2,1H3/p+1/t17-/m1/s1. The highest BCUT2D eigenvalue weighted by molar-refractivity contribution is 7.18. The monoisotopic (exact) mass is 309 g/mol. The van der Waals surface area contributed by atoms with E-state index in [2.05, 4.69) is 55.5 Å². The van der Waals surface area contributed by atoms with Crippen LogP contribution in [0.5, 0.6) is 0 Å². The van der Waals surface area contributed by atoms with Gasteiger partial charge in [-0.2, -0.15) is 0 Å². The predicted octanol–water partition coefficient (Wildman–Crippen LogP) is 3.52. The minimum absolute atomic E-state index is 0.568. The van der Waals surface area contributed by atoms with Crippen LogP contribution in [0.15, 0.2) is 48.5 Å². The molecule has 0 amide bonds. The summed E-state index contributed by atoms with van der Waals surface area (Å²) in [5.74, 6) is 0. The van der Waals surface area contributed by atoms with Crippen LogP contribution in [0.4, 0.5) is 0 Å². The van der Waals surface area contributed by atoms with Crippen LogP contribution in [-0.2, 0) is 6.54 Å². The zero-order valence-corrected chi connectivity index (χ0v) is 13.7. The Kier molecular flexibility index (Phi) is 3.68. The maximum absolute atomic E-state index is 4.90. The molecule has 1 saturated heterocycles. The molecule has 3 heteroatoms. The number of benzene rings is 2. The number of hydrogen-bond donors (Lipinski definition) is 1. The van der Waals surface area contributed by atoms with Crippen LogP contribution in [0.25, 0.3) is 10.2 Å². The Labute approximate surface area is 135 Å². The SMILES string of the molecule is Cc1ccc(C[NH+]2CCC[C@@H]2c2nc3ccccc3s2)cc1. The van der Waals surface area contributed by atoms with E-state index in [0.29, 0.717) is 6.04 Å². The maximum Gasteiger partial charge on any atom is 0.151 e. The van der Waals surface area contributed by atoms with Gasteiger partial charge in [0.15, 0.2) is 5.01 Å². The zero-order chi connectivity index (χ0) is 14.9. The predicted molar refractivity (Wildman–Crippen MR) is 92.3 cm³/mol. The molecule has 1 fully saturated rings. The zero-order valence-electron chi connectivity index (χ0n) is 12.9. The van der Waals surface area contributed by atoms with Crippen molar-refractivity contribution >= 4 is 21.6 Å².